The molecule has 0 aliphatic carbocycles. The van der Waals surface area contributed by atoms with Gasteiger partial charge in [-0.05, 0) is 31.0 Å². The Bertz CT molecular complexity index is 1190. The Balaban J connectivity index is 2.10. The zero-order valence-corrected chi connectivity index (χ0v) is 20.9. The van der Waals surface area contributed by atoms with Crippen molar-refractivity contribution in [2.45, 2.75) is 33.1 Å². The summed E-state index contributed by atoms with van der Waals surface area (Å²) >= 11 is 0. The molecule has 1 aromatic carbocycles. The first kappa shape index (κ1) is 26.3. The number of halogens is 1. The van der Waals surface area contributed by atoms with Crippen molar-refractivity contribution in [3.8, 4) is 23.1 Å². The second kappa shape index (κ2) is 13.0. The number of hydrogen-bond donors (Lipinski definition) is 0. The van der Waals surface area contributed by atoms with Crippen LogP contribution >= 0.6 is 0 Å². The number of carbonyl (C=O) groups is 1. The highest BCUT2D eigenvalue weighted by atomic mass is 19.1. The topological polar surface area (TPSA) is 69.0 Å². The average Bonchev–Trinajstić information content (AvgIpc) is 3.25. The third-order valence-electron chi connectivity index (χ3n) is 5.80. The smallest absolute Gasteiger partial charge is 0.227 e. The number of rotatable bonds is 11. The van der Waals surface area contributed by atoms with Gasteiger partial charge in [-0.25, -0.2) is 13.9 Å². The molecule has 8 heteroatoms. The molecule has 2 aromatic heterocycles. The Labute approximate surface area is 206 Å². The van der Waals surface area contributed by atoms with Gasteiger partial charge in [0.1, 0.15) is 0 Å². The fourth-order valence-corrected chi connectivity index (χ4v) is 3.88. The monoisotopic (exact) mass is 480 g/mol. The third-order valence-corrected chi connectivity index (χ3v) is 5.80. The Morgan fingerprint density at radius 2 is 1.77 bits per heavy atom. The summed E-state index contributed by atoms with van der Waals surface area (Å²) in [6, 6.07) is 9.54. The van der Waals surface area contributed by atoms with E-state index in [1.165, 1.54) is 0 Å². The van der Waals surface area contributed by atoms with E-state index in [4.69, 9.17) is 19.6 Å². The third kappa shape index (κ3) is 6.44. The highest BCUT2D eigenvalue weighted by Gasteiger charge is 2.23. The minimum absolute atomic E-state index is 0.0394. The summed E-state index contributed by atoms with van der Waals surface area (Å²) in [4.78, 5) is 20.0. The fraction of sp³-hybridized carbons (Fsp3) is 0.444. The normalized spacial score (nSPS) is 10.9. The molecule has 0 fully saturated rings. The van der Waals surface area contributed by atoms with Crippen LogP contribution in [0.3, 0.4) is 0 Å². The van der Waals surface area contributed by atoms with Gasteiger partial charge in [0.25, 0.3) is 0 Å². The van der Waals surface area contributed by atoms with E-state index in [1.807, 2.05) is 28.8 Å². The number of fused-ring (bicyclic) bond motifs is 1. The van der Waals surface area contributed by atoms with Gasteiger partial charge in [0.2, 0.25) is 5.91 Å². The molecule has 3 aromatic rings. The van der Waals surface area contributed by atoms with E-state index in [9.17, 15) is 9.18 Å². The van der Waals surface area contributed by atoms with E-state index >= 15 is 0 Å². The molecule has 0 spiro atoms. The lowest BCUT2D eigenvalue weighted by Gasteiger charge is -2.22. The molecule has 186 valence electrons. The highest BCUT2D eigenvalue weighted by molar-refractivity contribution is 5.85. The van der Waals surface area contributed by atoms with Crippen LogP contribution in [0, 0.1) is 11.8 Å². The number of benzene rings is 1. The van der Waals surface area contributed by atoms with Gasteiger partial charge in [-0.2, -0.15) is 5.10 Å². The first-order chi connectivity index (χ1) is 17.1. The van der Waals surface area contributed by atoms with Gasteiger partial charge in [-0.15, -0.1) is 0 Å². The summed E-state index contributed by atoms with van der Waals surface area (Å²) in [7, 11) is 3.24. The minimum Gasteiger partial charge on any atom is -0.383 e. The van der Waals surface area contributed by atoms with Gasteiger partial charge in [-0.1, -0.05) is 37.8 Å². The molecular formula is C27H33FN4O3. The molecular weight excluding hydrogens is 447 g/mol. The molecule has 7 nitrogen and oxygen atoms in total. The summed E-state index contributed by atoms with van der Waals surface area (Å²) < 4.78 is 24.7. The molecule has 0 aliphatic rings. The molecule has 0 bridgehead atoms. The molecule has 0 aliphatic heterocycles. The zero-order chi connectivity index (χ0) is 25.2. The summed E-state index contributed by atoms with van der Waals surface area (Å²) in [5.41, 5.74) is 5.75. The molecule has 0 saturated carbocycles. The van der Waals surface area contributed by atoms with Gasteiger partial charge in [0, 0.05) is 55.4 Å². The van der Waals surface area contributed by atoms with Crippen LogP contribution in [0.5, 0.6) is 0 Å². The lowest BCUT2D eigenvalue weighted by atomic mass is 10.0. The average molecular weight is 481 g/mol. The Kier molecular flexibility index (Phi) is 9.76. The quantitative estimate of drug-likeness (QED) is 0.393. The predicted molar refractivity (Wildman–Crippen MR) is 134 cm³/mol. The summed E-state index contributed by atoms with van der Waals surface area (Å²) in [5.74, 6) is 5.19. The zero-order valence-electron chi connectivity index (χ0n) is 20.9. The Morgan fingerprint density at radius 3 is 2.34 bits per heavy atom. The van der Waals surface area contributed by atoms with Gasteiger partial charge in [0.15, 0.2) is 12.3 Å². The van der Waals surface area contributed by atoms with Gasteiger partial charge in [-0.3, -0.25) is 4.79 Å². The van der Waals surface area contributed by atoms with Crippen molar-refractivity contribution >= 4 is 11.6 Å². The van der Waals surface area contributed by atoms with Gasteiger partial charge < -0.3 is 14.4 Å². The lowest BCUT2D eigenvalue weighted by Crippen LogP contribution is -2.37. The van der Waals surface area contributed by atoms with Crippen LogP contribution in [0.1, 0.15) is 36.4 Å². The van der Waals surface area contributed by atoms with Gasteiger partial charge in [0.05, 0.1) is 25.3 Å². The van der Waals surface area contributed by atoms with E-state index in [-0.39, 0.29) is 12.3 Å². The molecule has 3 rings (SSSR count). The molecule has 0 N–H and O–H groups in total. The standard InChI is InChI=1S/C27H33FN4O3/c1-5-22-18-23(6-2)32-27(29-22)24(19-25(33)31(14-16-34-3)15-17-35-4)26(30-32)21-11-9-20(10-12-21)8-7-13-28/h9-12,18H,5-6,13-17,19H2,1-4H3. The number of amides is 1. The number of methoxy groups -OCH3 is 2. The maximum absolute atomic E-state index is 13.4. The second-order valence-corrected chi connectivity index (χ2v) is 8.06. The molecule has 2 heterocycles. The van der Waals surface area contributed by atoms with Crippen molar-refractivity contribution in [1.82, 2.24) is 19.5 Å². The molecule has 0 atom stereocenters. The van der Waals surface area contributed by atoms with Crippen molar-refractivity contribution in [1.29, 1.82) is 0 Å². The van der Waals surface area contributed by atoms with Crippen molar-refractivity contribution in [3.05, 3.63) is 52.8 Å². The maximum atomic E-state index is 13.4. The number of aromatic nitrogens is 3. The van der Waals surface area contributed by atoms with Gasteiger partial charge >= 0.3 is 0 Å². The predicted octanol–water partition coefficient (Wildman–Crippen LogP) is 3.51. The van der Waals surface area contributed by atoms with Crippen LogP contribution in [0.25, 0.3) is 16.9 Å². The molecule has 0 saturated heterocycles. The lowest BCUT2D eigenvalue weighted by molar-refractivity contribution is -0.131. The first-order valence-corrected chi connectivity index (χ1v) is 11.9. The Hall–Kier alpha value is -3.28. The van der Waals surface area contributed by atoms with Crippen LogP contribution in [0.2, 0.25) is 0 Å². The number of alkyl halides is 1. The SMILES string of the molecule is CCc1cc(CC)n2nc(-c3ccc(C#CCF)cc3)c(CC(=O)N(CCOC)CCOC)c2n1. The van der Waals surface area contributed by atoms with E-state index < -0.39 is 6.67 Å². The molecule has 1 amide bonds. The molecule has 0 unspecified atom stereocenters. The van der Waals surface area contributed by atoms with Crippen LogP contribution in [-0.2, 0) is 33.5 Å². The largest absolute Gasteiger partial charge is 0.383 e. The summed E-state index contributed by atoms with van der Waals surface area (Å²) in [6.45, 7) is 5.29. The number of hydrogen-bond acceptors (Lipinski definition) is 5. The van der Waals surface area contributed by atoms with E-state index in [0.29, 0.717) is 37.6 Å². The maximum Gasteiger partial charge on any atom is 0.227 e. The van der Waals surface area contributed by atoms with Crippen LogP contribution in [0.4, 0.5) is 4.39 Å². The summed E-state index contributed by atoms with van der Waals surface area (Å²) in [5, 5.41) is 4.90. The number of nitrogens with zero attached hydrogens (tertiary/aromatic N) is 4. The Morgan fingerprint density at radius 1 is 1.09 bits per heavy atom. The number of carbonyl (C=O) groups excluding carboxylic acids is 1. The molecule has 35 heavy (non-hydrogen) atoms. The highest BCUT2D eigenvalue weighted by Crippen LogP contribution is 2.28. The van der Waals surface area contributed by atoms with E-state index in [2.05, 4.69) is 31.8 Å². The number of ether oxygens (including phenoxy) is 2. The van der Waals surface area contributed by atoms with Crippen molar-refractivity contribution in [3.63, 3.8) is 0 Å². The minimum atomic E-state index is -0.686. The summed E-state index contributed by atoms with van der Waals surface area (Å²) in [6.07, 6.45) is 1.72. The van der Waals surface area contributed by atoms with E-state index in [1.54, 1.807) is 19.1 Å². The first-order valence-electron chi connectivity index (χ1n) is 11.9. The fourth-order valence-electron chi connectivity index (χ4n) is 3.88. The molecule has 0 radical (unpaired) electrons. The van der Waals surface area contributed by atoms with Crippen molar-refractivity contribution < 1.29 is 18.7 Å². The van der Waals surface area contributed by atoms with E-state index in [0.717, 1.165) is 40.9 Å². The van der Waals surface area contributed by atoms with Crippen molar-refractivity contribution in [2.75, 3.05) is 47.2 Å². The van der Waals surface area contributed by atoms with Crippen LogP contribution < -0.4 is 0 Å². The second-order valence-electron chi connectivity index (χ2n) is 8.06. The van der Waals surface area contributed by atoms with Crippen molar-refractivity contribution in [2.24, 2.45) is 0 Å². The number of aryl methyl sites for hydroxylation is 2. The van der Waals surface area contributed by atoms with Crippen LogP contribution in [0.15, 0.2) is 30.3 Å². The van der Waals surface area contributed by atoms with Crippen LogP contribution in [-0.4, -0.2) is 72.6 Å².